The smallest absolute Gasteiger partial charge is 0.336 e. The Morgan fingerprint density at radius 3 is 2.72 bits per heavy atom. The molecule has 1 aromatic heterocycles. The molecule has 0 fully saturated rings. The van der Waals surface area contributed by atoms with E-state index in [0.29, 0.717) is 16.3 Å². The first-order chi connectivity index (χ1) is 14.1. The van der Waals surface area contributed by atoms with Crippen molar-refractivity contribution >= 4 is 28.9 Å². The van der Waals surface area contributed by atoms with E-state index in [2.05, 4.69) is 22.9 Å². The molecule has 1 aliphatic heterocycles. The quantitative estimate of drug-likeness (QED) is 0.444. The maximum atomic E-state index is 13.2. The molecule has 3 rings (SSSR count). The molecule has 2 unspecified atom stereocenters. The molecule has 0 spiro atoms. The van der Waals surface area contributed by atoms with Crippen molar-refractivity contribution in [3.63, 3.8) is 0 Å². The van der Waals surface area contributed by atoms with Crippen LogP contribution in [0.3, 0.4) is 0 Å². The zero-order chi connectivity index (χ0) is 20.9. The lowest BCUT2D eigenvalue weighted by Gasteiger charge is -2.41. The number of benzene rings is 1. The van der Waals surface area contributed by atoms with E-state index in [1.165, 1.54) is 0 Å². The number of rotatable bonds is 6. The Bertz CT molecular complexity index is 996. The van der Waals surface area contributed by atoms with Crippen LogP contribution in [0.2, 0.25) is 0 Å². The molecule has 146 valence electrons. The molecule has 6 heteroatoms. The summed E-state index contributed by atoms with van der Waals surface area (Å²) in [6, 6.07) is 15.4. The highest BCUT2D eigenvalue weighted by Gasteiger charge is 2.51. The number of ether oxygens (including phenoxy) is 1. The lowest BCUT2D eigenvalue weighted by atomic mass is 9.64. The number of carbonyl (C=O) groups excluding carboxylic acids is 1. The van der Waals surface area contributed by atoms with Gasteiger partial charge < -0.3 is 10.1 Å². The number of carbonyl (C=O) groups is 1. The molecule has 0 bridgehead atoms. The van der Waals surface area contributed by atoms with Crippen molar-refractivity contribution in [2.75, 3.05) is 6.61 Å². The monoisotopic (exact) mass is 403 g/mol. The second kappa shape index (κ2) is 8.80. The summed E-state index contributed by atoms with van der Waals surface area (Å²) < 4.78 is 5.40. The molecule has 0 saturated heterocycles. The average molecular weight is 404 g/mol. The number of hydrogen-bond acceptors (Lipinski definition) is 5. The second-order valence-corrected chi connectivity index (χ2v) is 7.03. The van der Waals surface area contributed by atoms with E-state index in [0.717, 1.165) is 11.1 Å². The first-order valence-corrected chi connectivity index (χ1v) is 9.70. The van der Waals surface area contributed by atoms with Gasteiger partial charge in [-0.15, -0.1) is 6.58 Å². The minimum Gasteiger partial charge on any atom is -0.463 e. The van der Waals surface area contributed by atoms with Crippen molar-refractivity contribution in [1.82, 2.24) is 10.3 Å². The minimum atomic E-state index is -1.18. The summed E-state index contributed by atoms with van der Waals surface area (Å²) in [5.41, 5.74) is 1.24. The number of pyridine rings is 1. The highest BCUT2D eigenvalue weighted by Crippen LogP contribution is 2.49. The van der Waals surface area contributed by atoms with Crippen LogP contribution in [0.15, 0.2) is 73.1 Å². The van der Waals surface area contributed by atoms with Gasteiger partial charge in [-0.3, -0.25) is 4.98 Å². The van der Waals surface area contributed by atoms with E-state index in [1.807, 2.05) is 36.4 Å². The molecule has 2 heterocycles. The van der Waals surface area contributed by atoms with Crippen molar-refractivity contribution in [3.05, 3.63) is 84.2 Å². The van der Waals surface area contributed by atoms with Gasteiger partial charge in [0.25, 0.3) is 0 Å². The van der Waals surface area contributed by atoms with Crippen LogP contribution >= 0.6 is 12.2 Å². The second-order valence-electron chi connectivity index (χ2n) is 6.62. The molecule has 1 aliphatic rings. The summed E-state index contributed by atoms with van der Waals surface area (Å²) in [5.74, 6) is -1.14. The normalized spacial score (nSPS) is 21.1. The Labute approximate surface area is 175 Å². The number of nitriles is 1. The van der Waals surface area contributed by atoms with E-state index in [-0.39, 0.29) is 13.0 Å². The topological polar surface area (TPSA) is 75.0 Å². The molecular weight excluding hydrogens is 382 g/mol. The number of hydrogen-bond donors (Lipinski definition) is 1. The molecule has 29 heavy (non-hydrogen) atoms. The van der Waals surface area contributed by atoms with Gasteiger partial charge in [-0.05, 0) is 30.5 Å². The summed E-state index contributed by atoms with van der Waals surface area (Å²) in [7, 11) is 0. The van der Waals surface area contributed by atoms with Crippen LogP contribution in [-0.2, 0) is 9.53 Å². The standard InChI is InChI=1S/C23H21N3O2S/c1-3-12-23(15-24)19(17-11-8-13-25-14-17)18(21(27)28-4-2)20(26-22(23)29)16-9-6-5-7-10-16/h3,5-11,13-14,19H,1,4,12H2,2H3,(H,26,29). The SMILES string of the molecule is C=CCC1(C#N)C(=S)NC(c2ccccc2)=C(C(=O)OCC)C1c1cccnc1. The number of esters is 1. The van der Waals surface area contributed by atoms with Gasteiger partial charge in [-0.25, -0.2) is 4.79 Å². The Morgan fingerprint density at radius 2 is 2.14 bits per heavy atom. The molecule has 1 N–H and O–H groups in total. The number of allylic oxidation sites excluding steroid dienone is 1. The van der Waals surface area contributed by atoms with Crippen LogP contribution in [-0.4, -0.2) is 22.5 Å². The van der Waals surface area contributed by atoms with Crippen LogP contribution in [0.25, 0.3) is 5.70 Å². The van der Waals surface area contributed by atoms with Gasteiger partial charge in [0.15, 0.2) is 0 Å². The van der Waals surface area contributed by atoms with Crippen molar-refractivity contribution in [2.45, 2.75) is 19.3 Å². The maximum absolute atomic E-state index is 13.2. The zero-order valence-electron chi connectivity index (χ0n) is 16.1. The fourth-order valence-corrected chi connectivity index (χ4v) is 4.02. The predicted molar refractivity (Wildman–Crippen MR) is 116 cm³/mol. The summed E-state index contributed by atoms with van der Waals surface area (Å²) in [6.45, 7) is 5.78. The average Bonchev–Trinajstić information content (AvgIpc) is 2.76. The third kappa shape index (κ3) is 3.69. The summed E-state index contributed by atoms with van der Waals surface area (Å²) >= 11 is 5.67. The van der Waals surface area contributed by atoms with Crippen LogP contribution in [0.5, 0.6) is 0 Å². The molecule has 0 saturated carbocycles. The van der Waals surface area contributed by atoms with Crippen molar-refractivity contribution in [1.29, 1.82) is 5.26 Å². The van der Waals surface area contributed by atoms with Crippen LogP contribution in [0.4, 0.5) is 0 Å². The van der Waals surface area contributed by atoms with Crippen LogP contribution < -0.4 is 5.32 Å². The van der Waals surface area contributed by atoms with Gasteiger partial charge in [0.2, 0.25) is 0 Å². The van der Waals surface area contributed by atoms with E-state index >= 15 is 0 Å². The van der Waals surface area contributed by atoms with Gasteiger partial charge in [0.1, 0.15) is 10.4 Å². The molecule has 2 atom stereocenters. The van der Waals surface area contributed by atoms with Crippen LogP contribution in [0, 0.1) is 16.7 Å². The van der Waals surface area contributed by atoms with E-state index in [4.69, 9.17) is 17.0 Å². The lowest BCUT2D eigenvalue weighted by Crippen LogP contribution is -2.49. The molecule has 0 amide bonds. The summed E-state index contributed by atoms with van der Waals surface area (Å²) in [6.07, 6.45) is 5.24. The Hall–Kier alpha value is -3.30. The predicted octanol–water partition coefficient (Wildman–Crippen LogP) is 4.16. The minimum absolute atomic E-state index is 0.218. The third-order valence-electron chi connectivity index (χ3n) is 4.94. The molecule has 5 nitrogen and oxygen atoms in total. The van der Waals surface area contributed by atoms with Gasteiger partial charge in [-0.1, -0.05) is 54.7 Å². The fourth-order valence-electron chi connectivity index (χ4n) is 3.67. The fraction of sp³-hybridized carbons (Fsp3) is 0.217. The largest absolute Gasteiger partial charge is 0.463 e. The lowest BCUT2D eigenvalue weighted by molar-refractivity contribution is -0.139. The number of nitrogens with zero attached hydrogens (tertiary/aromatic N) is 2. The van der Waals surface area contributed by atoms with Crippen LogP contribution in [0.1, 0.15) is 30.4 Å². The first-order valence-electron chi connectivity index (χ1n) is 9.29. The van der Waals surface area contributed by atoms with Gasteiger partial charge in [0, 0.05) is 18.3 Å². The molecule has 2 aromatic rings. The zero-order valence-corrected chi connectivity index (χ0v) is 16.9. The Balaban J connectivity index is 2.37. The van der Waals surface area contributed by atoms with Crippen molar-refractivity contribution in [3.8, 4) is 6.07 Å². The highest BCUT2D eigenvalue weighted by molar-refractivity contribution is 7.80. The van der Waals surface area contributed by atoms with E-state index in [9.17, 15) is 10.1 Å². The first kappa shape index (κ1) is 20.4. The Kier molecular flexibility index (Phi) is 6.20. The van der Waals surface area contributed by atoms with Crippen molar-refractivity contribution < 1.29 is 9.53 Å². The third-order valence-corrected chi connectivity index (χ3v) is 5.40. The molecular formula is C23H21N3O2S. The molecule has 1 aromatic carbocycles. The van der Waals surface area contributed by atoms with E-state index < -0.39 is 17.3 Å². The summed E-state index contributed by atoms with van der Waals surface area (Å²) in [4.78, 5) is 17.7. The maximum Gasteiger partial charge on any atom is 0.336 e. The van der Waals surface area contributed by atoms with Gasteiger partial charge in [-0.2, -0.15) is 5.26 Å². The molecule has 0 radical (unpaired) electrons. The summed E-state index contributed by atoms with van der Waals surface area (Å²) in [5, 5.41) is 13.4. The number of nitrogens with one attached hydrogen (secondary N) is 1. The Morgan fingerprint density at radius 1 is 1.38 bits per heavy atom. The van der Waals surface area contributed by atoms with Gasteiger partial charge >= 0.3 is 5.97 Å². The van der Waals surface area contributed by atoms with Gasteiger partial charge in [0.05, 0.1) is 23.9 Å². The molecule has 0 aliphatic carbocycles. The number of thiocarbonyl (C=S) groups is 1. The van der Waals surface area contributed by atoms with E-state index in [1.54, 1.807) is 31.5 Å². The van der Waals surface area contributed by atoms with Crippen molar-refractivity contribution in [2.24, 2.45) is 5.41 Å². The number of aromatic nitrogens is 1. The highest BCUT2D eigenvalue weighted by atomic mass is 32.1.